The van der Waals surface area contributed by atoms with Crippen LogP contribution in [-0.2, 0) is 5.60 Å². The summed E-state index contributed by atoms with van der Waals surface area (Å²) >= 11 is 0. The van der Waals surface area contributed by atoms with E-state index in [1.807, 2.05) is 25.1 Å². The van der Waals surface area contributed by atoms with E-state index in [0.29, 0.717) is 30.8 Å². The highest BCUT2D eigenvalue weighted by Gasteiger charge is 2.39. The van der Waals surface area contributed by atoms with E-state index in [-0.39, 0.29) is 12.5 Å². The zero-order valence-corrected chi connectivity index (χ0v) is 13.2. The van der Waals surface area contributed by atoms with E-state index < -0.39 is 5.60 Å². The van der Waals surface area contributed by atoms with Gasteiger partial charge in [0.05, 0.1) is 12.7 Å². The Hall–Kier alpha value is -2.48. The molecule has 1 saturated heterocycles. The highest BCUT2D eigenvalue weighted by molar-refractivity contribution is 5.93. The number of hydrogen-bond acceptors (Lipinski definition) is 6. The van der Waals surface area contributed by atoms with Crippen LogP contribution in [0.2, 0.25) is 0 Å². The van der Waals surface area contributed by atoms with Crippen molar-refractivity contribution in [1.29, 1.82) is 0 Å². The first kappa shape index (κ1) is 15.4. The summed E-state index contributed by atoms with van der Waals surface area (Å²) in [5.74, 6) is -0.185. The number of β-amino-alcohol motifs (C(OH)–C–C–N with tert-alkyl or cyclic N) is 1. The molecular weight excluding hydrogens is 296 g/mol. The van der Waals surface area contributed by atoms with Gasteiger partial charge in [0.25, 0.3) is 5.91 Å². The van der Waals surface area contributed by atoms with E-state index >= 15 is 0 Å². The number of rotatable bonds is 3. The second kappa shape index (κ2) is 5.96. The molecule has 8 nitrogen and oxygen atoms in total. The molecule has 1 aliphatic heterocycles. The largest absolute Gasteiger partial charge is 0.382 e. The predicted octanol–water partition coefficient (Wildman–Crippen LogP) is 0.389. The van der Waals surface area contributed by atoms with Crippen LogP contribution >= 0.6 is 0 Å². The number of carbonyl (C=O) groups excluding carboxylic acids is 1. The lowest BCUT2D eigenvalue weighted by molar-refractivity contribution is -0.0321. The Morgan fingerprint density at radius 2 is 2.30 bits per heavy atom. The monoisotopic (exact) mass is 316 g/mol. The topological polar surface area (TPSA) is 98.2 Å². The van der Waals surface area contributed by atoms with Crippen LogP contribution in [0.5, 0.6) is 0 Å². The van der Waals surface area contributed by atoms with Crippen LogP contribution in [0.4, 0.5) is 5.69 Å². The third kappa shape index (κ3) is 3.02. The summed E-state index contributed by atoms with van der Waals surface area (Å²) < 4.78 is 0. The van der Waals surface area contributed by atoms with E-state index in [1.165, 1.54) is 6.20 Å². The van der Waals surface area contributed by atoms with Gasteiger partial charge in [-0.3, -0.25) is 9.78 Å². The molecular formula is C15H20N6O2. The fraction of sp³-hybridized carbons (Fsp3) is 0.467. The molecule has 1 unspecified atom stereocenters. The quantitative estimate of drug-likeness (QED) is 0.850. The minimum Gasteiger partial charge on any atom is -0.382 e. The number of amides is 1. The first-order valence-corrected chi connectivity index (χ1v) is 7.51. The molecule has 0 aromatic carbocycles. The molecule has 2 N–H and O–H groups in total. The number of piperidine rings is 1. The van der Waals surface area contributed by atoms with E-state index in [4.69, 9.17) is 0 Å². The third-order valence-corrected chi connectivity index (χ3v) is 4.13. The Bertz CT molecular complexity index is 687. The summed E-state index contributed by atoms with van der Waals surface area (Å²) in [4.78, 5) is 20.4. The molecule has 0 spiro atoms. The van der Waals surface area contributed by atoms with Gasteiger partial charge in [0.1, 0.15) is 17.0 Å². The lowest BCUT2D eigenvalue weighted by Gasteiger charge is -2.37. The lowest BCUT2D eigenvalue weighted by Crippen LogP contribution is -2.49. The molecule has 8 heteroatoms. The number of nitrogens with one attached hydrogen (secondary N) is 1. The fourth-order valence-corrected chi connectivity index (χ4v) is 2.82. The molecule has 122 valence electrons. The highest BCUT2D eigenvalue weighted by atomic mass is 16.3. The molecule has 0 saturated carbocycles. The number of pyridine rings is 1. The number of H-pyrrole nitrogens is 1. The second-order valence-corrected chi connectivity index (χ2v) is 6.01. The van der Waals surface area contributed by atoms with Gasteiger partial charge in [-0.25, -0.2) is 0 Å². The molecule has 3 heterocycles. The number of carbonyl (C=O) groups is 1. The van der Waals surface area contributed by atoms with Gasteiger partial charge in [0, 0.05) is 32.5 Å². The average Bonchev–Trinajstić information content (AvgIpc) is 3.09. The number of aliphatic hydroxyl groups is 1. The number of aromatic amines is 1. The van der Waals surface area contributed by atoms with Crippen LogP contribution in [0, 0.1) is 0 Å². The standard InChI is InChI=1S/C15H20N6O2/c1-20(2)11-4-6-16-12(8-11)14(22)21-7-3-5-15(23,10-21)13-9-17-19-18-13/h4,6,8-9,23H,3,5,7,10H2,1-2H3,(H,17,18,19). The maximum absolute atomic E-state index is 12.7. The number of aromatic nitrogens is 4. The van der Waals surface area contributed by atoms with Gasteiger partial charge in [-0.15, -0.1) is 0 Å². The highest BCUT2D eigenvalue weighted by Crippen LogP contribution is 2.30. The number of hydrogen-bond donors (Lipinski definition) is 2. The van der Waals surface area contributed by atoms with Gasteiger partial charge in [0.15, 0.2) is 0 Å². The summed E-state index contributed by atoms with van der Waals surface area (Å²) in [5.41, 5.74) is 0.581. The van der Waals surface area contributed by atoms with Crippen molar-refractivity contribution in [3.05, 3.63) is 35.9 Å². The molecule has 1 fully saturated rings. The van der Waals surface area contributed by atoms with Crippen molar-refractivity contribution in [2.45, 2.75) is 18.4 Å². The van der Waals surface area contributed by atoms with Gasteiger partial charge in [-0.1, -0.05) is 0 Å². The van der Waals surface area contributed by atoms with Crippen LogP contribution in [-0.4, -0.2) is 63.5 Å². The predicted molar refractivity (Wildman–Crippen MR) is 84.0 cm³/mol. The van der Waals surface area contributed by atoms with Gasteiger partial charge in [-0.2, -0.15) is 15.4 Å². The van der Waals surface area contributed by atoms with Gasteiger partial charge < -0.3 is 14.9 Å². The van der Waals surface area contributed by atoms with Crippen LogP contribution < -0.4 is 4.90 Å². The van der Waals surface area contributed by atoms with E-state index in [1.54, 1.807) is 17.2 Å². The van der Waals surface area contributed by atoms with E-state index in [2.05, 4.69) is 20.4 Å². The summed E-state index contributed by atoms with van der Waals surface area (Å²) in [7, 11) is 3.82. The van der Waals surface area contributed by atoms with E-state index in [9.17, 15) is 9.90 Å². The van der Waals surface area contributed by atoms with Crippen molar-refractivity contribution >= 4 is 11.6 Å². The molecule has 0 aliphatic carbocycles. The first-order chi connectivity index (χ1) is 11.0. The minimum atomic E-state index is -1.17. The minimum absolute atomic E-state index is 0.185. The molecule has 1 aliphatic rings. The van der Waals surface area contributed by atoms with Crippen molar-refractivity contribution in [3.63, 3.8) is 0 Å². The summed E-state index contributed by atoms with van der Waals surface area (Å²) in [6.07, 6.45) is 4.37. The lowest BCUT2D eigenvalue weighted by atomic mass is 9.90. The Morgan fingerprint density at radius 3 is 3.00 bits per heavy atom. The third-order valence-electron chi connectivity index (χ3n) is 4.13. The molecule has 1 atom stereocenters. The zero-order valence-electron chi connectivity index (χ0n) is 13.2. The molecule has 23 heavy (non-hydrogen) atoms. The van der Waals surface area contributed by atoms with Crippen LogP contribution in [0.3, 0.4) is 0 Å². The molecule has 3 rings (SSSR count). The summed E-state index contributed by atoms with van der Waals surface area (Å²) in [5, 5.41) is 21.0. The van der Waals surface area contributed by atoms with Crippen molar-refractivity contribution in [3.8, 4) is 0 Å². The van der Waals surface area contributed by atoms with Crippen LogP contribution in [0.1, 0.15) is 29.0 Å². The van der Waals surface area contributed by atoms with Crippen LogP contribution in [0.25, 0.3) is 0 Å². The van der Waals surface area contributed by atoms with Crippen molar-refractivity contribution < 1.29 is 9.90 Å². The van der Waals surface area contributed by atoms with E-state index in [0.717, 1.165) is 5.69 Å². The molecule has 0 bridgehead atoms. The maximum Gasteiger partial charge on any atom is 0.272 e. The van der Waals surface area contributed by atoms with Gasteiger partial charge in [-0.05, 0) is 25.0 Å². The first-order valence-electron chi connectivity index (χ1n) is 7.51. The Labute approximate surface area is 134 Å². The van der Waals surface area contributed by atoms with Crippen LogP contribution in [0.15, 0.2) is 24.5 Å². The van der Waals surface area contributed by atoms with Crippen molar-refractivity contribution in [2.75, 3.05) is 32.1 Å². The fourth-order valence-electron chi connectivity index (χ4n) is 2.82. The second-order valence-electron chi connectivity index (χ2n) is 6.01. The zero-order chi connectivity index (χ0) is 16.4. The molecule has 1 amide bonds. The molecule has 2 aromatic heterocycles. The normalized spacial score (nSPS) is 21.3. The van der Waals surface area contributed by atoms with Crippen molar-refractivity contribution in [2.24, 2.45) is 0 Å². The van der Waals surface area contributed by atoms with Gasteiger partial charge >= 0.3 is 0 Å². The summed E-state index contributed by atoms with van der Waals surface area (Å²) in [6, 6.07) is 3.60. The smallest absolute Gasteiger partial charge is 0.272 e. The Balaban J connectivity index is 1.81. The SMILES string of the molecule is CN(C)c1ccnc(C(=O)N2CCCC(O)(c3cn[nH]n3)C2)c1. The Morgan fingerprint density at radius 1 is 1.48 bits per heavy atom. The van der Waals surface area contributed by atoms with Gasteiger partial charge in [0.2, 0.25) is 0 Å². The molecule has 2 aromatic rings. The average molecular weight is 316 g/mol. The Kier molecular flexibility index (Phi) is 3.99. The molecule has 0 radical (unpaired) electrons. The summed E-state index contributed by atoms with van der Waals surface area (Å²) in [6.45, 7) is 0.777. The number of likely N-dealkylation sites (tertiary alicyclic amines) is 1. The number of nitrogens with zero attached hydrogens (tertiary/aromatic N) is 5. The van der Waals surface area contributed by atoms with Crippen molar-refractivity contribution in [1.82, 2.24) is 25.3 Å². The maximum atomic E-state index is 12.7. The number of anilines is 1.